The lowest BCUT2D eigenvalue weighted by Gasteiger charge is -2.32. The van der Waals surface area contributed by atoms with Crippen LogP contribution in [0, 0.1) is 0 Å². The second-order valence-electron chi connectivity index (χ2n) is 5.51. The van der Waals surface area contributed by atoms with Crippen LogP contribution in [0.1, 0.15) is 24.8 Å². The third-order valence-electron chi connectivity index (χ3n) is 3.69. The summed E-state index contributed by atoms with van der Waals surface area (Å²) in [6.45, 7) is 0.864. The molecule has 0 radical (unpaired) electrons. The van der Waals surface area contributed by atoms with E-state index in [-0.39, 0.29) is 5.91 Å². The number of carbonyl (C=O) groups is 1. The van der Waals surface area contributed by atoms with Gasteiger partial charge in [-0.05, 0) is 30.5 Å². The highest BCUT2D eigenvalue weighted by Crippen LogP contribution is 2.21. The van der Waals surface area contributed by atoms with Gasteiger partial charge in [-0.2, -0.15) is 4.31 Å². The van der Waals surface area contributed by atoms with E-state index in [2.05, 4.69) is 5.32 Å². The maximum atomic E-state index is 12.4. The van der Waals surface area contributed by atoms with Crippen molar-refractivity contribution >= 4 is 21.6 Å². The van der Waals surface area contributed by atoms with Crippen molar-refractivity contribution in [1.82, 2.24) is 4.31 Å². The van der Waals surface area contributed by atoms with E-state index in [0.717, 1.165) is 24.7 Å². The van der Waals surface area contributed by atoms with Gasteiger partial charge >= 0.3 is 0 Å². The van der Waals surface area contributed by atoms with E-state index in [1.807, 2.05) is 18.2 Å². The Balaban J connectivity index is 2.11. The van der Waals surface area contributed by atoms with Crippen molar-refractivity contribution in [3.05, 3.63) is 29.8 Å². The SMILES string of the molecule is COCc1cccc(NC(=O)C2CCCCN2S(C)(=O)=O)c1. The second-order valence-corrected chi connectivity index (χ2v) is 7.44. The molecule has 1 aromatic rings. The molecule has 1 heterocycles. The quantitative estimate of drug-likeness (QED) is 0.891. The number of nitrogens with zero attached hydrogens (tertiary/aromatic N) is 1. The van der Waals surface area contributed by atoms with Crippen LogP contribution in [0.15, 0.2) is 24.3 Å². The first-order valence-electron chi connectivity index (χ1n) is 7.27. The Morgan fingerprint density at radius 2 is 2.18 bits per heavy atom. The molecule has 22 heavy (non-hydrogen) atoms. The highest BCUT2D eigenvalue weighted by Gasteiger charge is 2.34. The van der Waals surface area contributed by atoms with Crippen molar-refractivity contribution in [2.75, 3.05) is 25.2 Å². The third-order valence-corrected chi connectivity index (χ3v) is 4.98. The van der Waals surface area contributed by atoms with E-state index in [0.29, 0.717) is 25.3 Å². The molecule has 0 aromatic heterocycles. The summed E-state index contributed by atoms with van der Waals surface area (Å²) >= 11 is 0. The minimum atomic E-state index is -3.38. The average Bonchev–Trinajstić information content (AvgIpc) is 2.47. The van der Waals surface area contributed by atoms with E-state index in [1.54, 1.807) is 13.2 Å². The molecule has 0 saturated carbocycles. The molecule has 1 atom stereocenters. The Morgan fingerprint density at radius 3 is 2.86 bits per heavy atom. The van der Waals surface area contributed by atoms with E-state index in [4.69, 9.17) is 4.74 Å². The fraction of sp³-hybridized carbons (Fsp3) is 0.533. The average molecular weight is 326 g/mol. The van der Waals surface area contributed by atoms with E-state index < -0.39 is 16.1 Å². The first kappa shape index (κ1) is 16.9. The van der Waals surface area contributed by atoms with Gasteiger partial charge in [0.15, 0.2) is 0 Å². The molecule has 1 saturated heterocycles. The van der Waals surface area contributed by atoms with Crippen molar-refractivity contribution in [1.29, 1.82) is 0 Å². The zero-order valence-electron chi connectivity index (χ0n) is 12.9. The minimum Gasteiger partial charge on any atom is -0.380 e. The van der Waals surface area contributed by atoms with Gasteiger partial charge in [0.05, 0.1) is 12.9 Å². The Labute approximate surface area is 131 Å². The summed E-state index contributed by atoms with van der Waals surface area (Å²) in [5.74, 6) is -0.278. The highest BCUT2D eigenvalue weighted by atomic mass is 32.2. The van der Waals surface area contributed by atoms with Crippen molar-refractivity contribution in [3.8, 4) is 0 Å². The summed E-state index contributed by atoms with van der Waals surface area (Å²) in [7, 11) is -1.77. The van der Waals surface area contributed by atoms with Gasteiger partial charge in [-0.15, -0.1) is 0 Å². The van der Waals surface area contributed by atoms with Crippen LogP contribution in [0.5, 0.6) is 0 Å². The normalized spacial score (nSPS) is 19.8. The number of sulfonamides is 1. The van der Waals surface area contributed by atoms with Crippen molar-refractivity contribution in [3.63, 3.8) is 0 Å². The van der Waals surface area contributed by atoms with Crippen LogP contribution in [0.4, 0.5) is 5.69 Å². The number of methoxy groups -OCH3 is 1. The number of hydrogen-bond donors (Lipinski definition) is 1. The van der Waals surface area contributed by atoms with Gasteiger partial charge in [-0.3, -0.25) is 4.79 Å². The summed E-state index contributed by atoms with van der Waals surface area (Å²) in [4.78, 5) is 12.4. The maximum Gasteiger partial charge on any atom is 0.242 e. The van der Waals surface area contributed by atoms with E-state index in [9.17, 15) is 13.2 Å². The number of rotatable bonds is 5. The van der Waals surface area contributed by atoms with Crippen LogP contribution in [0.25, 0.3) is 0 Å². The van der Waals surface area contributed by atoms with E-state index in [1.165, 1.54) is 4.31 Å². The van der Waals surface area contributed by atoms with Crippen LogP contribution >= 0.6 is 0 Å². The van der Waals surface area contributed by atoms with Crippen molar-refractivity contribution in [2.45, 2.75) is 31.9 Å². The number of ether oxygens (including phenoxy) is 1. The number of amides is 1. The molecule has 1 fully saturated rings. The van der Waals surface area contributed by atoms with Crippen LogP contribution in [0.3, 0.4) is 0 Å². The number of benzene rings is 1. The van der Waals surface area contributed by atoms with Crippen molar-refractivity contribution < 1.29 is 17.9 Å². The summed E-state index contributed by atoms with van der Waals surface area (Å²) < 4.78 is 30.0. The molecular formula is C15H22N2O4S. The topological polar surface area (TPSA) is 75.7 Å². The zero-order valence-corrected chi connectivity index (χ0v) is 13.7. The Morgan fingerprint density at radius 1 is 1.41 bits per heavy atom. The van der Waals surface area contributed by atoms with Gasteiger partial charge in [0.1, 0.15) is 6.04 Å². The molecule has 1 unspecified atom stereocenters. The lowest BCUT2D eigenvalue weighted by atomic mass is 10.0. The van der Waals surface area contributed by atoms with Crippen molar-refractivity contribution in [2.24, 2.45) is 0 Å². The van der Waals surface area contributed by atoms with Gasteiger partial charge in [0, 0.05) is 19.3 Å². The summed E-state index contributed by atoms with van der Waals surface area (Å²) in [5.41, 5.74) is 1.60. The molecule has 6 nitrogen and oxygen atoms in total. The van der Waals surface area contributed by atoms with Crippen LogP contribution < -0.4 is 5.32 Å². The Kier molecular flexibility index (Phi) is 5.55. The fourth-order valence-electron chi connectivity index (χ4n) is 2.70. The number of anilines is 1. The predicted octanol–water partition coefficient (Wildman–Crippen LogP) is 1.59. The molecule has 2 rings (SSSR count). The molecule has 1 N–H and O–H groups in total. The smallest absolute Gasteiger partial charge is 0.242 e. The van der Waals surface area contributed by atoms with Crippen LogP contribution in [0.2, 0.25) is 0 Å². The number of piperidine rings is 1. The molecule has 1 aliphatic heterocycles. The van der Waals surface area contributed by atoms with Gasteiger partial charge in [0.2, 0.25) is 15.9 Å². The van der Waals surface area contributed by atoms with Crippen LogP contribution in [-0.2, 0) is 26.2 Å². The second kappa shape index (κ2) is 7.21. The molecule has 122 valence electrons. The Bertz CT molecular complexity index is 630. The number of nitrogens with one attached hydrogen (secondary N) is 1. The first-order chi connectivity index (χ1) is 10.4. The monoisotopic (exact) mass is 326 g/mol. The predicted molar refractivity (Wildman–Crippen MR) is 85.0 cm³/mol. The van der Waals surface area contributed by atoms with Gasteiger partial charge in [-0.25, -0.2) is 8.42 Å². The third kappa shape index (κ3) is 4.28. The van der Waals surface area contributed by atoms with E-state index >= 15 is 0 Å². The van der Waals surface area contributed by atoms with Gasteiger partial charge in [-0.1, -0.05) is 18.6 Å². The minimum absolute atomic E-state index is 0.278. The lowest BCUT2D eigenvalue weighted by molar-refractivity contribution is -0.120. The summed E-state index contributed by atoms with van der Waals surface area (Å²) in [6, 6.07) is 6.72. The summed E-state index contributed by atoms with van der Waals surface area (Å²) in [5, 5.41) is 2.81. The lowest BCUT2D eigenvalue weighted by Crippen LogP contribution is -2.49. The summed E-state index contributed by atoms with van der Waals surface area (Å²) in [6.07, 6.45) is 3.35. The zero-order chi connectivity index (χ0) is 16.2. The molecule has 7 heteroatoms. The van der Waals surface area contributed by atoms with Gasteiger partial charge in [0.25, 0.3) is 0 Å². The molecular weight excluding hydrogens is 304 g/mol. The molecule has 1 aromatic carbocycles. The number of hydrogen-bond acceptors (Lipinski definition) is 4. The highest BCUT2D eigenvalue weighted by molar-refractivity contribution is 7.88. The molecule has 0 spiro atoms. The standard InChI is InChI=1S/C15H22N2O4S/c1-21-11-12-6-5-7-13(10-12)16-15(18)14-8-3-4-9-17(14)22(2,19)20/h5-7,10,14H,3-4,8-9,11H2,1-2H3,(H,16,18). The Hall–Kier alpha value is -1.44. The largest absolute Gasteiger partial charge is 0.380 e. The van der Waals surface area contributed by atoms with Crippen LogP contribution in [-0.4, -0.2) is 44.6 Å². The maximum absolute atomic E-state index is 12.4. The molecule has 1 aliphatic rings. The first-order valence-corrected chi connectivity index (χ1v) is 9.12. The number of carbonyl (C=O) groups excluding carboxylic acids is 1. The molecule has 0 bridgehead atoms. The van der Waals surface area contributed by atoms with Gasteiger partial charge < -0.3 is 10.1 Å². The molecule has 1 amide bonds. The molecule has 0 aliphatic carbocycles. The fourth-order valence-corrected chi connectivity index (χ4v) is 3.82.